The normalized spacial score (nSPS) is 36.7. The van der Waals surface area contributed by atoms with Crippen LogP contribution in [0.1, 0.15) is 26.5 Å². The molecule has 6 atom stereocenters. The minimum absolute atomic E-state index is 0.120. The first kappa shape index (κ1) is 19.9. The summed E-state index contributed by atoms with van der Waals surface area (Å²) in [6, 6.07) is 0. The molecule has 0 aromatic carbocycles. The monoisotopic (exact) mass is 411 g/mol. The molecular weight excluding hydrogens is 390 g/mol. The quantitative estimate of drug-likeness (QED) is 0.191. The van der Waals surface area contributed by atoms with Crippen LogP contribution in [-0.2, 0) is 20.1 Å². The van der Waals surface area contributed by atoms with Crippen LogP contribution < -0.4 is 15.1 Å². The van der Waals surface area contributed by atoms with Crippen LogP contribution in [-0.4, -0.2) is 71.4 Å². The first-order chi connectivity index (χ1) is 13.6. The largest absolute Gasteiger partial charge is 0.661 e. The number of aromatic nitrogens is 4. The average molecular weight is 411 g/mol. The molecule has 2 aromatic heterocycles. The number of aliphatic hydroxyl groups excluding tert-OH is 3. The number of carbonyl (C=O) groups excluding carboxylic acids is 1. The third-order valence-corrected chi connectivity index (χ3v) is 5.65. The maximum absolute atomic E-state index is 12.1. The van der Waals surface area contributed by atoms with Gasteiger partial charge in [0.05, 0.1) is 12.7 Å². The number of aliphatic hydroxyl groups is 4. The molecule has 0 bridgehead atoms. The van der Waals surface area contributed by atoms with E-state index in [9.17, 15) is 30.5 Å². The van der Waals surface area contributed by atoms with Crippen molar-refractivity contribution in [3.63, 3.8) is 0 Å². The molecule has 29 heavy (non-hydrogen) atoms. The number of hydrogen-bond acceptors (Lipinski definition) is 11. The lowest BCUT2D eigenvalue weighted by Crippen LogP contribution is -2.76. The minimum Gasteiger partial charge on any atom is -0.661 e. The lowest BCUT2D eigenvalue weighted by molar-refractivity contribution is -0.807. The molecule has 0 amide bonds. The van der Waals surface area contributed by atoms with Crippen LogP contribution in [0.5, 0.6) is 0 Å². The summed E-state index contributed by atoms with van der Waals surface area (Å²) in [6.45, 7) is 2.13. The highest BCUT2D eigenvalue weighted by atomic mass is 17.1. The third kappa shape index (κ3) is 2.70. The summed E-state index contributed by atoms with van der Waals surface area (Å²) in [7, 11) is 0. The van der Waals surface area contributed by atoms with Crippen molar-refractivity contribution >= 4 is 23.0 Å². The predicted molar refractivity (Wildman–Crippen MR) is 89.3 cm³/mol. The van der Waals surface area contributed by atoms with Gasteiger partial charge in [0.25, 0.3) is 5.82 Å². The minimum atomic E-state index is -2.02. The fourth-order valence-electron chi connectivity index (χ4n) is 3.90. The summed E-state index contributed by atoms with van der Waals surface area (Å²) < 4.78 is 8.36. The number of fused-ring (bicyclic) bond motifs is 3. The lowest BCUT2D eigenvalue weighted by Gasteiger charge is -2.43. The summed E-state index contributed by atoms with van der Waals surface area (Å²) in [5.41, 5.74) is -3.46. The molecule has 0 radical (unpaired) electrons. The first-order valence-corrected chi connectivity index (χ1v) is 8.90. The fourth-order valence-corrected chi connectivity index (χ4v) is 3.90. The zero-order valence-corrected chi connectivity index (χ0v) is 15.6. The summed E-state index contributed by atoms with van der Waals surface area (Å²) in [5, 5.41) is 54.1. The Hall–Kier alpha value is -2.42. The fraction of sp³-hybridized carbons (Fsp3) is 0.625. The van der Waals surface area contributed by atoms with Crippen LogP contribution in [0, 0.1) is 0 Å². The van der Waals surface area contributed by atoms with Crippen molar-refractivity contribution in [2.45, 2.75) is 56.1 Å². The van der Waals surface area contributed by atoms with Crippen molar-refractivity contribution in [1.29, 1.82) is 0 Å². The smallest absolute Gasteiger partial charge is 0.343 e. The predicted octanol–water partition coefficient (Wildman–Crippen LogP) is -3.61. The number of nitrogens with zero attached hydrogens (tertiary/aromatic N) is 4. The Labute approximate surface area is 163 Å². The first-order valence-electron chi connectivity index (χ1n) is 8.90. The van der Waals surface area contributed by atoms with Gasteiger partial charge in [0.1, 0.15) is 18.7 Å². The number of nitrogens with one attached hydrogen (secondary N) is 1. The molecule has 0 saturated carbocycles. The number of ether oxygens (including phenoxy) is 1. The van der Waals surface area contributed by atoms with Gasteiger partial charge in [-0.2, -0.15) is 0 Å². The van der Waals surface area contributed by atoms with Gasteiger partial charge in [0.15, 0.2) is 11.6 Å². The van der Waals surface area contributed by atoms with Crippen LogP contribution in [0.2, 0.25) is 0 Å². The molecule has 6 unspecified atom stereocenters. The molecular formula is C16H21N5O8. The van der Waals surface area contributed by atoms with E-state index in [0.29, 0.717) is 5.65 Å². The number of hydrogen-bond donors (Lipinski definition) is 5. The van der Waals surface area contributed by atoms with E-state index in [-0.39, 0.29) is 24.4 Å². The van der Waals surface area contributed by atoms with Crippen molar-refractivity contribution in [3.05, 3.63) is 12.7 Å². The van der Waals surface area contributed by atoms with Gasteiger partial charge in [-0.25, -0.2) is 14.3 Å². The molecule has 158 valence electrons. The molecule has 2 aliphatic rings. The van der Waals surface area contributed by atoms with E-state index in [2.05, 4.69) is 20.2 Å². The Morgan fingerprint density at radius 3 is 2.83 bits per heavy atom. The van der Waals surface area contributed by atoms with E-state index in [1.54, 1.807) is 4.57 Å². The topological polar surface area (TPSA) is 186 Å². The van der Waals surface area contributed by atoms with Gasteiger partial charge >= 0.3 is 5.97 Å². The van der Waals surface area contributed by atoms with Crippen LogP contribution in [0.15, 0.2) is 12.7 Å². The van der Waals surface area contributed by atoms with E-state index in [1.807, 2.05) is 0 Å². The van der Waals surface area contributed by atoms with Gasteiger partial charge in [-0.15, -0.1) is 0 Å². The number of rotatable bonds is 3. The Morgan fingerprint density at radius 1 is 1.48 bits per heavy atom. The maximum atomic E-state index is 12.1. The van der Waals surface area contributed by atoms with Crippen LogP contribution in [0.3, 0.4) is 0 Å². The van der Waals surface area contributed by atoms with Gasteiger partial charge in [0, 0.05) is 13.3 Å². The molecule has 0 aliphatic carbocycles. The van der Waals surface area contributed by atoms with E-state index in [1.165, 1.54) is 31.1 Å². The summed E-state index contributed by atoms with van der Waals surface area (Å²) >= 11 is 0. The van der Waals surface area contributed by atoms with Gasteiger partial charge in [-0.1, -0.05) is 4.98 Å². The van der Waals surface area contributed by atoms with Gasteiger partial charge < -0.3 is 35.3 Å². The van der Waals surface area contributed by atoms with Crippen molar-refractivity contribution in [3.8, 4) is 0 Å². The second kappa shape index (κ2) is 6.55. The van der Waals surface area contributed by atoms with E-state index < -0.39 is 41.8 Å². The molecule has 13 heteroatoms. The van der Waals surface area contributed by atoms with Crippen LogP contribution in [0.4, 0.5) is 5.82 Å². The van der Waals surface area contributed by atoms with Crippen molar-refractivity contribution < 1.29 is 44.7 Å². The van der Waals surface area contributed by atoms with Gasteiger partial charge in [-0.3, -0.25) is 9.88 Å². The molecule has 2 aromatic rings. The lowest BCUT2D eigenvalue weighted by atomic mass is 9.85. The Kier molecular flexibility index (Phi) is 4.49. The molecule has 2 aliphatic heterocycles. The van der Waals surface area contributed by atoms with Crippen molar-refractivity contribution in [2.75, 3.05) is 11.9 Å². The highest BCUT2D eigenvalue weighted by Gasteiger charge is 2.60. The molecule has 5 N–H and O–H groups in total. The third-order valence-electron chi connectivity index (χ3n) is 5.65. The number of carbonyl (C=O) groups is 1. The second-order valence-corrected chi connectivity index (χ2v) is 7.60. The zero-order chi connectivity index (χ0) is 21.1. The highest BCUT2D eigenvalue weighted by Crippen LogP contribution is 2.36. The molecule has 4 rings (SSSR count). The van der Waals surface area contributed by atoms with Gasteiger partial charge in [-0.05, 0) is 6.92 Å². The Bertz CT molecular complexity index is 964. The standard InChI is InChI=1S/C16H21N5O8/c1-15(14(25)29-27)13(24)16(2,26)21-6-18-11-10(12(21)19-15)17-5-20(11)9-3-7(23)8(4-22)28-9/h5-9,13,22-24,26-27H,3-4H2,1-2H3. The number of imidazole rings is 1. The maximum Gasteiger partial charge on any atom is 0.343 e. The molecule has 0 spiro atoms. The molecule has 1 fully saturated rings. The van der Waals surface area contributed by atoms with Crippen molar-refractivity contribution in [1.82, 2.24) is 14.5 Å². The highest BCUT2D eigenvalue weighted by molar-refractivity contribution is 5.89. The van der Waals surface area contributed by atoms with E-state index >= 15 is 0 Å². The SMILES string of the molecule is CC1(C(=O)O[O-])Nc2c3ncn(C4CC(O)C(CO)O4)c3nc[n+]2C(C)(O)C1O. The average Bonchev–Trinajstić information content (AvgIpc) is 3.28. The summed E-state index contributed by atoms with van der Waals surface area (Å²) in [4.78, 5) is 24.2. The Balaban J connectivity index is 1.83. The Morgan fingerprint density at radius 2 is 2.21 bits per heavy atom. The van der Waals surface area contributed by atoms with E-state index in [0.717, 1.165) is 0 Å². The summed E-state index contributed by atoms with van der Waals surface area (Å²) in [6.07, 6.45) is -1.15. The zero-order valence-electron chi connectivity index (χ0n) is 15.6. The molecule has 1 saturated heterocycles. The van der Waals surface area contributed by atoms with Crippen molar-refractivity contribution in [2.24, 2.45) is 0 Å². The number of anilines is 1. The molecule has 4 heterocycles. The van der Waals surface area contributed by atoms with Crippen LogP contribution in [0.25, 0.3) is 11.2 Å². The summed E-state index contributed by atoms with van der Waals surface area (Å²) in [5.74, 6) is -1.19. The second-order valence-electron chi connectivity index (χ2n) is 7.60. The molecule has 13 nitrogen and oxygen atoms in total. The van der Waals surface area contributed by atoms with Crippen LogP contribution >= 0.6 is 0 Å². The van der Waals surface area contributed by atoms with Gasteiger partial charge in [0.2, 0.25) is 23.2 Å². The van der Waals surface area contributed by atoms with E-state index in [4.69, 9.17) is 4.74 Å².